The van der Waals surface area contributed by atoms with Gasteiger partial charge in [-0.25, -0.2) is 0 Å². The van der Waals surface area contributed by atoms with E-state index >= 15 is 0 Å². The Morgan fingerprint density at radius 3 is 2.14 bits per heavy atom. The highest BCUT2D eigenvalue weighted by Gasteiger charge is 2.69. The first kappa shape index (κ1) is 31.4. The third-order valence-electron chi connectivity index (χ3n) is 14.5. The van der Waals surface area contributed by atoms with Crippen LogP contribution in [0.1, 0.15) is 106 Å². The second-order valence-corrected chi connectivity index (χ2v) is 17.2. The summed E-state index contributed by atoms with van der Waals surface area (Å²) in [6.07, 6.45) is 2.14. The Balaban J connectivity index is 1.29. The topological polar surface area (TPSA) is 140 Å². The van der Waals surface area contributed by atoms with E-state index in [1.807, 2.05) is 6.92 Å². The van der Waals surface area contributed by atoms with Crippen LogP contribution in [-0.2, 0) is 9.47 Å². The van der Waals surface area contributed by atoms with Gasteiger partial charge in [0.2, 0.25) is 0 Å². The molecule has 5 aliphatic carbocycles. The minimum Gasteiger partial charge on any atom is -0.393 e. The van der Waals surface area contributed by atoms with Crippen LogP contribution in [0, 0.1) is 44.8 Å². The summed E-state index contributed by atoms with van der Waals surface area (Å²) in [5.41, 5.74) is 0.371. The summed E-state index contributed by atoms with van der Waals surface area (Å²) < 4.78 is 11.4. The predicted molar refractivity (Wildman–Crippen MR) is 157 cm³/mol. The van der Waals surface area contributed by atoms with E-state index in [0.717, 1.165) is 51.4 Å². The van der Waals surface area contributed by atoms with Crippen molar-refractivity contribution in [3.05, 3.63) is 11.6 Å². The van der Waals surface area contributed by atoms with E-state index in [1.54, 1.807) is 5.57 Å². The lowest BCUT2D eigenvalue weighted by atomic mass is 9.34. The maximum absolute atomic E-state index is 12.2. The molecule has 5 fully saturated rings. The van der Waals surface area contributed by atoms with Crippen molar-refractivity contribution in [1.82, 2.24) is 0 Å². The molecule has 6 aliphatic rings. The zero-order valence-electron chi connectivity index (χ0n) is 26.7. The first-order valence-corrected chi connectivity index (χ1v) is 16.5. The molecule has 6 N–H and O–H groups in total. The highest BCUT2D eigenvalue weighted by atomic mass is 16.8. The first-order valence-electron chi connectivity index (χ1n) is 16.5. The van der Waals surface area contributed by atoms with Gasteiger partial charge in [-0.05, 0) is 104 Å². The molecule has 8 nitrogen and oxygen atoms in total. The van der Waals surface area contributed by atoms with Crippen LogP contribution >= 0.6 is 0 Å². The molecule has 6 rings (SSSR count). The Morgan fingerprint density at radius 2 is 1.45 bits per heavy atom. The van der Waals surface area contributed by atoms with Crippen molar-refractivity contribution in [2.24, 2.45) is 44.8 Å². The van der Waals surface area contributed by atoms with E-state index in [1.165, 1.54) is 0 Å². The predicted octanol–water partition coefficient (Wildman–Crippen LogP) is 3.65. The summed E-state index contributed by atoms with van der Waals surface area (Å²) in [4.78, 5) is 0. The lowest BCUT2D eigenvalue weighted by molar-refractivity contribution is -0.365. The smallest absolute Gasteiger partial charge is 0.189 e. The molecule has 5 unspecified atom stereocenters. The molecule has 0 aromatic carbocycles. The third kappa shape index (κ3) is 4.15. The fraction of sp³-hybridized carbons (Fsp3) is 0.941. The molecule has 0 spiro atoms. The van der Waals surface area contributed by atoms with E-state index in [4.69, 9.17) is 9.47 Å². The average Bonchev–Trinajstić information content (AvgIpc) is 2.89. The molecule has 240 valence electrons. The molecule has 0 radical (unpaired) electrons. The van der Waals surface area contributed by atoms with Gasteiger partial charge in [0.05, 0.1) is 17.8 Å². The second-order valence-electron chi connectivity index (χ2n) is 17.2. The van der Waals surface area contributed by atoms with Gasteiger partial charge in [0.15, 0.2) is 12.6 Å². The summed E-state index contributed by atoms with van der Waals surface area (Å²) in [5.74, 6) is 0.730. The van der Waals surface area contributed by atoms with Crippen molar-refractivity contribution in [1.29, 1.82) is 0 Å². The molecule has 1 saturated heterocycles. The van der Waals surface area contributed by atoms with Gasteiger partial charge in [-0.2, -0.15) is 0 Å². The molecule has 15 atom stereocenters. The molecule has 4 saturated carbocycles. The molecule has 0 bridgehead atoms. The minimum atomic E-state index is -1.68. The van der Waals surface area contributed by atoms with Crippen LogP contribution in [-0.4, -0.2) is 79.3 Å². The maximum Gasteiger partial charge on any atom is 0.189 e. The highest BCUT2D eigenvalue weighted by Crippen LogP contribution is 2.75. The molecule has 0 aromatic heterocycles. The summed E-state index contributed by atoms with van der Waals surface area (Å²) in [5, 5.41) is 64.2. The van der Waals surface area contributed by atoms with E-state index in [9.17, 15) is 30.6 Å². The van der Waals surface area contributed by atoms with Gasteiger partial charge in [-0.1, -0.05) is 53.2 Å². The van der Waals surface area contributed by atoms with Crippen LogP contribution in [0.25, 0.3) is 0 Å². The summed E-state index contributed by atoms with van der Waals surface area (Å²) in [7, 11) is 0. The van der Waals surface area contributed by atoms with Crippen LogP contribution in [0.5, 0.6) is 0 Å². The standard InChI is InChI=1S/C34H56O8/c1-29(2)16-19-18-8-9-20-31(4)12-11-23(41-28-26(38)24(36)25(37)27(39)42-28)34(7,40)21(31)10-13-33(20,6)32(18,5)15-14-30(19,3)22(35)17-29/h8,19-28,35-40H,9-17H2,1-7H3/t19?,20?,21?,22-,23+,24+,25-,26?,27?,28-,30-,31-,32-,33-,34-/m1/s1. The van der Waals surface area contributed by atoms with E-state index < -0.39 is 42.6 Å². The summed E-state index contributed by atoms with van der Waals surface area (Å²) in [6.45, 7) is 16.2. The maximum atomic E-state index is 12.2. The van der Waals surface area contributed by atoms with Gasteiger partial charge in [0, 0.05) is 5.41 Å². The Bertz CT molecular complexity index is 1110. The summed E-state index contributed by atoms with van der Waals surface area (Å²) >= 11 is 0. The number of hydrogen-bond acceptors (Lipinski definition) is 8. The van der Waals surface area contributed by atoms with Crippen LogP contribution in [0.2, 0.25) is 0 Å². The molecule has 1 aliphatic heterocycles. The number of ether oxygens (including phenoxy) is 2. The Morgan fingerprint density at radius 1 is 0.762 bits per heavy atom. The highest BCUT2D eigenvalue weighted by molar-refractivity contribution is 5.34. The second kappa shape index (κ2) is 9.71. The number of aliphatic hydroxyl groups is 6. The third-order valence-corrected chi connectivity index (χ3v) is 14.5. The average molecular weight is 593 g/mol. The van der Waals surface area contributed by atoms with Crippen molar-refractivity contribution in [3.63, 3.8) is 0 Å². The molecular weight excluding hydrogens is 536 g/mol. The fourth-order valence-corrected chi connectivity index (χ4v) is 11.6. The SMILES string of the molecule is CC1(C)CC2C3=CCC4[C@@]5(C)CC[C@H](O[C@@H]6OC(O)[C@H](O)[C@H](O)C6O)[C@](C)(O)C5CC[C@@]4(C)[C@]3(C)CC[C@@]2(C)[C@H](O)C1. The normalized spacial score (nSPS) is 59.0. The van der Waals surface area contributed by atoms with Crippen molar-refractivity contribution in [2.75, 3.05) is 0 Å². The number of rotatable bonds is 2. The summed E-state index contributed by atoms with van der Waals surface area (Å²) in [6, 6.07) is 0. The molecule has 42 heavy (non-hydrogen) atoms. The van der Waals surface area contributed by atoms with Gasteiger partial charge in [0.25, 0.3) is 0 Å². The molecule has 1 heterocycles. The number of aliphatic hydroxyl groups excluding tert-OH is 5. The monoisotopic (exact) mass is 592 g/mol. The van der Waals surface area contributed by atoms with Gasteiger partial charge in [-0.15, -0.1) is 0 Å². The van der Waals surface area contributed by atoms with Crippen molar-refractivity contribution in [3.8, 4) is 0 Å². The Hall–Kier alpha value is -0.580. The Labute approximate surface area is 251 Å². The van der Waals surface area contributed by atoms with Crippen LogP contribution in [0.3, 0.4) is 0 Å². The van der Waals surface area contributed by atoms with Gasteiger partial charge in [-0.3, -0.25) is 0 Å². The van der Waals surface area contributed by atoms with Crippen LogP contribution in [0.15, 0.2) is 11.6 Å². The lowest BCUT2D eigenvalue weighted by Gasteiger charge is -2.71. The molecular formula is C34H56O8. The molecule has 0 aromatic rings. The number of hydrogen-bond donors (Lipinski definition) is 6. The quantitative estimate of drug-likeness (QED) is 0.211. The van der Waals surface area contributed by atoms with Crippen molar-refractivity contribution in [2.45, 2.75) is 155 Å². The van der Waals surface area contributed by atoms with Gasteiger partial charge < -0.3 is 40.1 Å². The molecule has 0 amide bonds. The van der Waals surface area contributed by atoms with E-state index in [-0.39, 0.29) is 39.1 Å². The van der Waals surface area contributed by atoms with E-state index in [0.29, 0.717) is 18.3 Å². The lowest BCUT2D eigenvalue weighted by Crippen LogP contribution is -2.68. The zero-order chi connectivity index (χ0) is 30.8. The van der Waals surface area contributed by atoms with Crippen LogP contribution < -0.4 is 0 Å². The van der Waals surface area contributed by atoms with Crippen molar-refractivity contribution < 1.29 is 40.1 Å². The molecule has 8 heteroatoms. The van der Waals surface area contributed by atoms with Crippen LogP contribution in [0.4, 0.5) is 0 Å². The minimum absolute atomic E-state index is 0.0353. The number of fused-ring (bicyclic) bond motifs is 7. The van der Waals surface area contributed by atoms with Gasteiger partial charge in [0.1, 0.15) is 18.3 Å². The fourth-order valence-electron chi connectivity index (χ4n) is 11.6. The zero-order valence-corrected chi connectivity index (χ0v) is 26.7. The van der Waals surface area contributed by atoms with Gasteiger partial charge >= 0.3 is 0 Å². The van der Waals surface area contributed by atoms with E-state index in [2.05, 4.69) is 47.6 Å². The van der Waals surface area contributed by atoms with Crippen molar-refractivity contribution >= 4 is 0 Å². The Kier molecular flexibility index (Phi) is 7.26. The first-order chi connectivity index (χ1) is 19.3. The largest absolute Gasteiger partial charge is 0.393 e. The number of allylic oxidation sites excluding steroid dienone is 2.